The lowest BCUT2D eigenvalue weighted by Crippen LogP contribution is -2.39. The summed E-state index contributed by atoms with van der Waals surface area (Å²) >= 11 is 5.32. The van der Waals surface area contributed by atoms with Crippen molar-refractivity contribution in [2.75, 3.05) is 6.17 Å². The highest BCUT2D eigenvalue weighted by Gasteiger charge is 2.13. The average Bonchev–Trinajstić information content (AvgIpc) is 1.88. The fourth-order valence-electron chi connectivity index (χ4n) is 1.11. The predicted molar refractivity (Wildman–Crippen MR) is 59.2 cm³/mol. The van der Waals surface area contributed by atoms with Crippen LogP contribution >= 0.6 is 12.2 Å². The van der Waals surface area contributed by atoms with Crippen LogP contribution in [-0.4, -0.2) is 32.3 Å². The van der Waals surface area contributed by atoms with Gasteiger partial charge in [-0.25, -0.2) is 0 Å². The van der Waals surface area contributed by atoms with Crippen molar-refractivity contribution in [3.63, 3.8) is 0 Å². The molecule has 0 aliphatic carbocycles. The lowest BCUT2D eigenvalue weighted by molar-refractivity contribution is 0.390. The molecule has 0 aliphatic heterocycles. The number of rotatable bonds is 3. The van der Waals surface area contributed by atoms with Gasteiger partial charge < -0.3 is 4.90 Å². The van der Waals surface area contributed by atoms with Crippen LogP contribution in [0.4, 0.5) is 0 Å². The Hall–Kier alpha value is 0.107. The minimum absolute atomic E-state index is 0.515. The molecule has 0 unspecified atom stereocenters. The maximum absolute atomic E-state index is 5.32. The largest absolute Gasteiger partial charge is 0.367 e. The first kappa shape index (κ1) is 11.1. The van der Waals surface area contributed by atoms with Gasteiger partial charge in [0.25, 0.3) is 0 Å². The molecule has 0 heterocycles. The van der Waals surface area contributed by atoms with Gasteiger partial charge in [-0.05, 0) is 13.8 Å². The normalized spacial score (nSPS) is 11.1. The van der Waals surface area contributed by atoms with Crippen LogP contribution in [-0.2, 0) is 0 Å². The van der Waals surface area contributed by atoms with E-state index in [4.69, 9.17) is 12.2 Å². The van der Waals surface area contributed by atoms with Crippen molar-refractivity contribution in [1.29, 1.82) is 0 Å². The van der Waals surface area contributed by atoms with Crippen molar-refractivity contribution >= 4 is 27.4 Å². The van der Waals surface area contributed by atoms with Gasteiger partial charge in [0.05, 0.1) is 4.99 Å². The van der Waals surface area contributed by atoms with Gasteiger partial charge in [-0.2, -0.15) is 0 Å². The molecular formula is C8H19NSSi. The van der Waals surface area contributed by atoms with Gasteiger partial charge in [0, 0.05) is 28.4 Å². The standard InChI is InChI=1S/C8H19NSSi/c1-6(2)8(10)9(5-11)7(3)4/h6-7H,5H2,1-4,11H3. The van der Waals surface area contributed by atoms with Crippen molar-refractivity contribution in [2.45, 2.75) is 33.7 Å². The lowest BCUT2D eigenvalue weighted by Gasteiger charge is -2.29. The highest BCUT2D eigenvalue weighted by atomic mass is 32.1. The highest BCUT2D eigenvalue weighted by molar-refractivity contribution is 7.80. The number of thiocarbonyl (C=S) groups is 1. The summed E-state index contributed by atoms with van der Waals surface area (Å²) in [5.74, 6) is 0.515. The molecule has 0 saturated heterocycles. The third-order valence-electron chi connectivity index (χ3n) is 1.74. The Balaban J connectivity index is 4.15. The Labute approximate surface area is 78.6 Å². The number of hydrogen-bond donors (Lipinski definition) is 0. The average molecular weight is 189 g/mol. The van der Waals surface area contributed by atoms with Gasteiger partial charge in [0.1, 0.15) is 0 Å². The van der Waals surface area contributed by atoms with E-state index < -0.39 is 0 Å². The Kier molecular flexibility index (Phi) is 4.93. The molecule has 3 heteroatoms. The summed E-state index contributed by atoms with van der Waals surface area (Å²) in [6.45, 7) is 8.73. The van der Waals surface area contributed by atoms with Crippen molar-refractivity contribution < 1.29 is 0 Å². The summed E-state index contributed by atoms with van der Waals surface area (Å²) in [5, 5.41) is 0. The van der Waals surface area contributed by atoms with Crippen molar-refractivity contribution in [3.8, 4) is 0 Å². The molecule has 0 aliphatic rings. The van der Waals surface area contributed by atoms with E-state index in [9.17, 15) is 0 Å². The van der Waals surface area contributed by atoms with E-state index >= 15 is 0 Å². The molecule has 0 N–H and O–H groups in total. The van der Waals surface area contributed by atoms with E-state index in [0.29, 0.717) is 12.0 Å². The van der Waals surface area contributed by atoms with E-state index in [1.807, 2.05) is 0 Å². The van der Waals surface area contributed by atoms with Crippen LogP contribution in [0.3, 0.4) is 0 Å². The van der Waals surface area contributed by atoms with Crippen LogP contribution in [0, 0.1) is 5.92 Å². The van der Waals surface area contributed by atoms with Crippen molar-refractivity contribution in [2.24, 2.45) is 5.92 Å². The second-order valence-electron chi connectivity index (χ2n) is 3.37. The molecular weight excluding hydrogens is 170 g/mol. The monoisotopic (exact) mass is 189 g/mol. The highest BCUT2D eigenvalue weighted by Crippen LogP contribution is 2.06. The van der Waals surface area contributed by atoms with Gasteiger partial charge in [0.2, 0.25) is 0 Å². The zero-order chi connectivity index (χ0) is 9.02. The van der Waals surface area contributed by atoms with Gasteiger partial charge >= 0.3 is 0 Å². The third kappa shape index (κ3) is 3.34. The lowest BCUT2D eigenvalue weighted by atomic mass is 10.2. The maximum atomic E-state index is 5.32. The van der Waals surface area contributed by atoms with Gasteiger partial charge in [-0.3, -0.25) is 0 Å². The van der Waals surface area contributed by atoms with Crippen LogP contribution < -0.4 is 0 Å². The molecule has 0 aromatic rings. The van der Waals surface area contributed by atoms with Crippen LogP contribution in [0.5, 0.6) is 0 Å². The van der Waals surface area contributed by atoms with Gasteiger partial charge in [-0.1, -0.05) is 26.1 Å². The first-order valence-electron chi connectivity index (χ1n) is 4.31. The summed E-state index contributed by atoms with van der Waals surface area (Å²) in [6.07, 6.45) is 1.16. The maximum Gasteiger partial charge on any atom is 0.0804 e. The van der Waals surface area contributed by atoms with Crippen molar-refractivity contribution in [1.82, 2.24) is 4.90 Å². The molecule has 0 aromatic heterocycles. The van der Waals surface area contributed by atoms with Crippen LogP contribution in [0.2, 0.25) is 0 Å². The van der Waals surface area contributed by atoms with Crippen LogP contribution in [0.1, 0.15) is 27.7 Å². The molecule has 11 heavy (non-hydrogen) atoms. The molecule has 0 saturated carbocycles. The molecule has 0 aromatic carbocycles. The van der Waals surface area contributed by atoms with Gasteiger partial charge in [0.15, 0.2) is 0 Å². The topological polar surface area (TPSA) is 3.24 Å². The molecule has 66 valence electrons. The Morgan fingerprint density at radius 3 is 1.91 bits per heavy atom. The Morgan fingerprint density at radius 1 is 1.36 bits per heavy atom. The molecule has 0 amide bonds. The summed E-state index contributed by atoms with van der Waals surface area (Å²) in [5.41, 5.74) is 0. The fraction of sp³-hybridized carbons (Fsp3) is 0.875. The first-order valence-corrected chi connectivity index (χ1v) is 6.13. The zero-order valence-corrected chi connectivity index (χ0v) is 11.0. The van der Waals surface area contributed by atoms with Gasteiger partial charge in [-0.15, -0.1) is 0 Å². The second-order valence-corrected chi connectivity index (χ2v) is 4.42. The van der Waals surface area contributed by atoms with E-state index in [-0.39, 0.29) is 0 Å². The first-order chi connectivity index (χ1) is 5.00. The molecule has 0 atom stereocenters. The van der Waals surface area contributed by atoms with E-state index in [0.717, 1.165) is 11.2 Å². The third-order valence-corrected chi connectivity index (χ3v) is 3.13. The molecule has 0 spiro atoms. The SMILES string of the molecule is CC(C)C(=S)N(C[SiH3])C(C)C. The fourth-order valence-corrected chi connectivity index (χ4v) is 2.75. The number of nitrogens with zero attached hydrogens (tertiary/aromatic N) is 1. The Morgan fingerprint density at radius 2 is 1.82 bits per heavy atom. The second kappa shape index (κ2) is 4.88. The summed E-state index contributed by atoms with van der Waals surface area (Å²) in [7, 11) is 1.20. The quantitative estimate of drug-likeness (QED) is 0.481. The smallest absolute Gasteiger partial charge is 0.0804 e. The van der Waals surface area contributed by atoms with E-state index in [1.54, 1.807) is 0 Å². The molecule has 1 nitrogen and oxygen atoms in total. The van der Waals surface area contributed by atoms with E-state index in [2.05, 4.69) is 32.6 Å². The van der Waals surface area contributed by atoms with Crippen molar-refractivity contribution in [3.05, 3.63) is 0 Å². The molecule has 0 bridgehead atoms. The molecule has 0 fully saturated rings. The zero-order valence-electron chi connectivity index (χ0n) is 8.22. The minimum Gasteiger partial charge on any atom is -0.367 e. The van der Waals surface area contributed by atoms with Crippen LogP contribution in [0.25, 0.3) is 0 Å². The molecule has 0 rings (SSSR count). The summed E-state index contributed by atoms with van der Waals surface area (Å²) in [6, 6.07) is 0.572. The summed E-state index contributed by atoms with van der Waals surface area (Å²) < 4.78 is 0. The predicted octanol–water partition coefficient (Wildman–Crippen LogP) is 1.00. The molecule has 0 radical (unpaired) electrons. The Bertz CT molecular complexity index is 134. The number of hydrogen-bond acceptors (Lipinski definition) is 1. The van der Waals surface area contributed by atoms with E-state index in [1.165, 1.54) is 10.2 Å². The minimum atomic E-state index is 0.515. The summed E-state index contributed by atoms with van der Waals surface area (Å²) in [4.78, 5) is 3.45. The van der Waals surface area contributed by atoms with Crippen LogP contribution in [0.15, 0.2) is 0 Å².